The summed E-state index contributed by atoms with van der Waals surface area (Å²) in [5.41, 5.74) is 0.472. The van der Waals surface area contributed by atoms with E-state index in [1.165, 1.54) is 0 Å². The summed E-state index contributed by atoms with van der Waals surface area (Å²) in [6, 6.07) is 4.96. The fourth-order valence-corrected chi connectivity index (χ4v) is 3.86. The second-order valence-corrected chi connectivity index (χ2v) is 7.55. The first kappa shape index (κ1) is 20.6. The molecule has 0 bridgehead atoms. The lowest BCUT2D eigenvalue weighted by molar-refractivity contribution is -0.486. The molecule has 2 fully saturated rings. The van der Waals surface area contributed by atoms with Crippen molar-refractivity contribution in [2.24, 2.45) is 11.0 Å². The molecule has 0 N–H and O–H groups in total. The summed E-state index contributed by atoms with van der Waals surface area (Å²) in [7, 11) is 0. The Kier molecular flexibility index (Phi) is 6.58. The number of hydrogen-bond donors (Lipinski definition) is 0. The lowest BCUT2D eigenvalue weighted by Crippen LogP contribution is -2.40. The molecule has 0 saturated carbocycles. The first-order chi connectivity index (χ1) is 13.3. The number of rotatable bonds is 5. The Balaban J connectivity index is 1.67. The van der Waals surface area contributed by atoms with E-state index in [0.717, 1.165) is 11.3 Å². The van der Waals surface area contributed by atoms with Crippen LogP contribution in [0, 0.1) is 16.0 Å². The maximum absolute atomic E-state index is 12.5. The van der Waals surface area contributed by atoms with Gasteiger partial charge in [0.25, 0.3) is 5.96 Å². The Bertz CT molecular complexity index is 771. The molecule has 0 aliphatic carbocycles. The predicted octanol–water partition coefficient (Wildman–Crippen LogP) is 3.22. The molecule has 152 valence electrons. The van der Waals surface area contributed by atoms with Crippen LogP contribution in [0.25, 0.3) is 0 Å². The average Bonchev–Trinajstić information content (AvgIpc) is 3.21. The molecular formula is C17H20Cl2N4O5. The normalized spacial score (nSPS) is 23.5. The zero-order chi connectivity index (χ0) is 20.3. The molecule has 2 aliphatic rings. The molecule has 0 spiro atoms. The largest absolute Gasteiger partial charge is 0.444 e. The van der Waals surface area contributed by atoms with Gasteiger partial charge in [0.15, 0.2) is 5.03 Å². The maximum atomic E-state index is 12.5. The number of nitrogens with zero attached hydrogens (tertiary/aromatic N) is 4. The Morgan fingerprint density at radius 1 is 1.39 bits per heavy atom. The predicted molar refractivity (Wildman–Crippen MR) is 103 cm³/mol. The third-order valence-electron chi connectivity index (χ3n) is 4.67. The van der Waals surface area contributed by atoms with Crippen molar-refractivity contribution in [1.82, 2.24) is 9.80 Å². The van der Waals surface area contributed by atoms with E-state index in [0.29, 0.717) is 35.3 Å². The minimum absolute atomic E-state index is 0.0280. The molecule has 3 rings (SSSR count). The minimum atomic E-state index is -0.813. The van der Waals surface area contributed by atoms with Crippen LogP contribution in [0.1, 0.15) is 18.9 Å². The molecule has 11 heteroatoms. The summed E-state index contributed by atoms with van der Waals surface area (Å²) in [5.74, 6) is 0.199. The van der Waals surface area contributed by atoms with Crippen molar-refractivity contribution in [2.45, 2.75) is 26.1 Å². The van der Waals surface area contributed by atoms with Gasteiger partial charge in [0.2, 0.25) is 0 Å². The van der Waals surface area contributed by atoms with Crippen LogP contribution in [0.5, 0.6) is 0 Å². The molecule has 0 radical (unpaired) electrons. The van der Waals surface area contributed by atoms with Gasteiger partial charge in [-0.1, -0.05) is 29.3 Å². The molecule has 1 aromatic carbocycles. The number of ether oxygens (including phenoxy) is 2. The quantitative estimate of drug-likeness (QED) is 0.525. The topological polar surface area (TPSA) is 97.5 Å². The van der Waals surface area contributed by atoms with Crippen LogP contribution < -0.4 is 0 Å². The third kappa shape index (κ3) is 4.84. The smallest absolute Gasteiger partial charge is 0.417 e. The monoisotopic (exact) mass is 430 g/mol. The van der Waals surface area contributed by atoms with E-state index in [4.69, 9.17) is 32.7 Å². The molecule has 2 saturated heterocycles. The Hall–Kier alpha value is -2.10. The fourth-order valence-electron chi connectivity index (χ4n) is 3.35. The van der Waals surface area contributed by atoms with E-state index in [-0.39, 0.29) is 31.1 Å². The van der Waals surface area contributed by atoms with E-state index in [9.17, 15) is 14.9 Å². The number of amides is 1. The molecule has 1 amide bonds. The summed E-state index contributed by atoms with van der Waals surface area (Å²) < 4.78 is 10.8. The lowest BCUT2D eigenvalue weighted by atomic mass is 10.1. The summed E-state index contributed by atoms with van der Waals surface area (Å²) in [6.07, 6.45) is 0.276. The molecule has 2 atom stereocenters. The van der Waals surface area contributed by atoms with Crippen molar-refractivity contribution >= 4 is 35.3 Å². The molecule has 28 heavy (non-hydrogen) atoms. The number of benzene rings is 1. The van der Waals surface area contributed by atoms with E-state index in [1.807, 2.05) is 6.92 Å². The van der Waals surface area contributed by atoms with Gasteiger partial charge in [-0.3, -0.25) is 0 Å². The summed E-state index contributed by atoms with van der Waals surface area (Å²) in [5, 5.41) is 14.3. The number of hydrazone groups is 1. The van der Waals surface area contributed by atoms with E-state index in [1.54, 1.807) is 23.1 Å². The Labute approximate surface area is 171 Å². The van der Waals surface area contributed by atoms with Crippen LogP contribution in [0.2, 0.25) is 10.0 Å². The number of carbonyl (C=O) groups is 1. The van der Waals surface area contributed by atoms with Crippen LogP contribution in [-0.2, 0) is 16.1 Å². The molecule has 1 aromatic rings. The number of nitro groups is 1. The van der Waals surface area contributed by atoms with Gasteiger partial charge in [-0.15, -0.1) is 0 Å². The van der Waals surface area contributed by atoms with Crippen molar-refractivity contribution in [1.29, 1.82) is 0 Å². The van der Waals surface area contributed by atoms with Crippen molar-refractivity contribution in [3.8, 4) is 0 Å². The molecular weight excluding hydrogens is 411 g/mol. The van der Waals surface area contributed by atoms with Gasteiger partial charge in [0.1, 0.15) is 11.7 Å². The van der Waals surface area contributed by atoms with Gasteiger partial charge >= 0.3 is 6.09 Å². The van der Waals surface area contributed by atoms with E-state index in [2.05, 4.69) is 5.10 Å². The van der Waals surface area contributed by atoms with Gasteiger partial charge in [-0.2, -0.15) is 0 Å². The van der Waals surface area contributed by atoms with Crippen LogP contribution in [0.3, 0.4) is 0 Å². The van der Waals surface area contributed by atoms with Crippen molar-refractivity contribution in [2.75, 3.05) is 26.2 Å². The third-order valence-corrected chi connectivity index (χ3v) is 5.38. The average molecular weight is 431 g/mol. The number of hydrogen-bond acceptors (Lipinski definition) is 5. The van der Waals surface area contributed by atoms with Crippen molar-refractivity contribution in [3.05, 3.63) is 43.9 Å². The van der Waals surface area contributed by atoms with Gasteiger partial charge in [0.05, 0.1) is 19.3 Å². The van der Waals surface area contributed by atoms with E-state index >= 15 is 0 Å². The van der Waals surface area contributed by atoms with Crippen LogP contribution in [0.4, 0.5) is 4.79 Å². The Morgan fingerprint density at radius 2 is 2.11 bits per heavy atom. The van der Waals surface area contributed by atoms with Crippen LogP contribution in [0.15, 0.2) is 23.3 Å². The number of guanidine groups is 1. The molecule has 2 aliphatic heterocycles. The van der Waals surface area contributed by atoms with E-state index < -0.39 is 11.1 Å². The highest BCUT2D eigenvalue weighted by Crippen LogP contribution is 2.26. The van der Waals surface area contributed by atoms with Gasteiger partial charge in [0, 0.05) is 34.6 Å². The van der Waals surface area contributed by atoms with Crippen molar-refractivity contribution < 1.29 is 19.3 Å². The summed E-state index contributed by atoms with van der Waals surface area (Å²) >= 11 is 12.2. The van der Waals surface area contributed by atoms with Crippen LogP contribution >= 0.6 is 23.2 Å². The van der Waals surface area contributed by atoms with Gasteiger partial charge in [-0.25, -0.2) is 19.8 Å². The Morgan fingerprint density at radius 3 is 2.71 bits per heavy atom. The van der Waals surface area contributed by atoms with Crippen LogP contribution in [-0.4, -0.2) is 59.2 Å². The first-order valence-electron chi connectivity index (χ1n) is 8.82. The highest BCUT2D eigenvalue weighted by Gasteiger charge is 2.37. The zero-order valence-corrected chi connectivity index (χ0v) is 16.7. The minimum Gasteiger partial charge on any atom is -0.444 e. The fraction of sp³-hybridized carbons (Fsp3) is 0.529. The highest BCUT2D eigenvalue weighted by atomic mass is 35.5. The zero-order valence-electron chi connectivity index (χ0n) is 15.2. The highest BCUT2D eigenvalue weighted by molar-refractivity contribution is 6.35. The van der Waals surface area contributed by atoms with Gasteiger partial charge < -0.3 is 14.4 Å². The van der Waals surface area contributed by atoms with Crippen molar-refractivity contribution in [3.63, 3.8) is 0 Å². The first-order valence-corrected chi connectivity index (χ1v) is 9.57. The van der Waals surface area contributed by atoms with Gasteiger partial charge in [-0.05, 0) is 25.5 Å². The SMILES string of the molecule is CC1CC(CN2CCN(C(=O)OCc3c(Cl)cccc3Cl)C2=N[N+](=O)[O-])CO1. The lowest BCUT2D eigenvalue weighted by Gasteiger charge is -2.21. The molecule has 9 nitrogen and oxygen atoms in total. The second-order valence-electron chi connectivity index (χ2n) is 6.74. The molecule has 0 aromatic heterocycles. The summed E-state index contributed by atoms with van der Waals surface area (Å²) in [4.78, 5) is 26.4. The molecule has 2 heterocycles. The maximum Gasteiger partial charge on any atom is 0.417 e. The standard InChI is InChI=1S/C17H20Cl2N4O5/c1-11-7-12(9-27-11)8-21-5-6-22(16(21)20-23(25)26)17(24)28-10-13-14(18)3-2-4-15(13)19/h2-4,11-12H,5-10H2,1H3. The summed E-state index contributed by atoms with van der Waals surface area (Å²) in [6.45, 7) is 3.62. The number of halogens is 2. The number of carbonyl (C=O) groups excluding carboxylic acids is 1. The second kappa shape index (κ2) is 8.93. The molecule has 2 unspecified atom stereocenters.